The first-order chi connectivity index (χ1) is 28.5. The van der Waals surface area contributed by atoms with Gasteiger partial charge in [0.05, 0.1) is 36.7 Å². The fourth-order valence-electron chi connectivity index (χ4n) is 6.61. The first kappa shape index (κ1) is 46.2. The van der Waals surface area contributed by atoms with E-state index in [4.69, 9.17) is 5.73 Å². The lowest BCUT2D eigenvalue weighted by molar-refractivity contribution is -0.145. The van der Waals surface area contributed by atoms with Crippen LogP contribution in [0.1, 0.15) is 67.1 Å². The Kier molecular flexibility index (Phi) is 17.0. The molecule has 0 bridgehead atoms. The van der Waals surface area contributed by atoms with E-state index >= 15 is 0 Å². The summed E-state index contributed by atoms with van der Waals surface area (Å²) in [6.45, 7) is 4.12. The summed E-state index contributed by atoms with van der Waals surface area (Å²) in [7, 11) is 0. The normalized spacial score (nSPS) is 14.8. The molecule has 0 aliphatic carbocycles. The highest BCUT2D eigenvalue weighted by atomic mass is 16.4. The Balaban J connectivity index is 1.15. The van der Waals surface area contributed by atoms with Gasteiger partial charge in [0, 0.05) is 70.5 Å². The van der Waals surface area contributed by atoms with Gasteiger partial charge < -0.3 is 36.5 Å². The molecule has 4 rings (SSSR count). The number of carboxylic acids is 3. The summed E-state index contributed by atoms with van der Waals surface area (Å²) in [5.41, 5.74) is 6.85. The van der Waals surface area contributed by atoms with E-state index in [-0.39, 0.29) is 66.6 Å². The Morgan fingerprint density at radius 1 is 0.817 bits per heavy atom. The molecule has 3 atom stereocenters. The molecule has 60 heavy (non-hydrogen) atoms. The summed E-state index contributed by atoms with van der Waals surface area (Å²) in [6, 6.07) is 4.95. The smallest absolute Gasteiger partial charge is 0.326 e. The van der Waals surface area contributed by atoms with Crippen LogP contribution in [0.5, 0.6) is 0 Å². The highest BCUT2D eigenvalue weighted by Crippen LogP contribution is 2.18. The number of aromatic amines is 1. The van der Waals surface area contributed by atoms with Gasteiger partial charge in [-0.2, -0.15) is 4.98 Å². The zero-order valence-corrected chi connectivity index (χ0v) is 33.1. The van der Waals surface area contributed by atoms with Gasteiger partial charge in [-0.1, -0.05) is 24.3 Å². The third-order valence-electron chi connectivity index (χ3n) is 9.93. The van der Waals surface area contributed by atoms with Crippen molar-refractivity contribution >= 4 is 64.2 Å². The van der Waals surface area contributed by atoms with Gasteiger partial charge in [-0.05, 0) is 31.7 Å². The molecule has 1 saturated heterocycles. The van der Waals surface area contributed by atoms with Crippen molar-refractivity contribution in [1.29, 1.82) is 0 Å². The van der Waals surface area contributed by atoms with Crippen LogP contribution in [-0.2, 0) is 46.4 Å². The van der Waals surface area contributed by atoms with Gasteiger partial charge in [0.1, 0.15) is 17.6 Å². The molecule has 1 aromatic carbocycles. The summed E-state index contributed by atoms with van der Waals surface area (Å²) >= 11 is 0. The minimum absolute atomic E-state index is 0.0590. The fourth-order valence-corrected chi connectivity index (χ4v) is 6.61. The number of H-pyrrole nitrogens is 1. The lowest BCUT2D eigenvalue weighted by atomic mass is 9.93. The number of aryl methyl sites for hydroxylation is 2. The predicted molar refractivity (Wildman–Crippen MR) is 212 cm³/mol. The Hall–Kier alpha value is -6.48. The van der Waals surface area contributed by atoms with Crippen molar-refractivity contribution in [3.8, 4) is 0 Å². The monoisotopic (exact) mass is 835 g/mol. The zero-order valence-electron chi connectivity index (χ0n) is 33.1. The van der Waals surface area contributed by atoms with E-state index < -0.39 is 78.2 Å². The highest BCUT2D eigenvalue weighted by molar-refractivity contribution is 5.98. The minimum Gasteiger partial charge on any atom is -0.481 e. The average molecular weight is 836 g/mol. The maximum atomic E-state index is 13.0. The van der Waals surface area contributed by atoms with Gasteiger partial charge in [-0.25, -0.2) is 14.8 Å². The van der Waals surface area contributed by atoms with Crippen molar-refractivity contribution in [3.63, 3.8) is 0 Å². The second-order valence-electron chi connectivity index (χ2n) is 14.7. The summed E-state index contributed by atoms with van der Waals surface area (Å²) < 4.78 is 0. The molecule has 2 amide bonds. The van der Waals surface area contributed by atoms with E-state index in [0.717, 1.165) is 5.56 Å². The summed E-state index contributed by atoms with van der Waals surface area (Å²) in [5, 5.41) is 33.6. The average Bonchev–Trinajstić information content (AvgIpc) is 3.18. The number of carboxylic acid groups (broad SMARTS) is 3. The number of nitrogens with two attached hydrogens (primary N) is 1. The molecule has 8 N–H and O–H groups in total. The van der Waals surface area contributed by atoms with Crippen molar-refractivity contribution in [3.05, 3.63) is 57.6 Å². The third-order valence-corrected chi connectivity index (χ3v) is 9.93. The number of nitrogens with zero attached hydrogens (tertiary/aromatic N) is 5. The van der Waals surface area contributed by atoms with Crippen molar-refractivity contribution in [2.75, 3.05) is 51.5 Å². The molecule has 0 spiro atoms. The number of nitrogen functional groups attached to an aromatic ring is 1. The third kappa shape index (κ3) is 14.7. The van der Waals surface area contributed by atoms with Crippen LogP contribution in [0.25, 0.3) is 11.2 Å². The number of carbonyl (C=O) groups is 8. The van der Waals surface area contributed by atoms with Gasteiger partial charge in [-0.3, -0.25) is 48.3 Å². The number of hydrogen-bond donors (Lipinski definition) is 7. The lowest BCUT2D eigenvalue weighted by Crippen LogP contribution is -2.50. The largest absolute Gasteiger partial charge is 0.481 e. The molecule has 3 heterocycles. The second-order valence-corrected chi connectivity index (χ2v) is 14.7. The molecule has 21 nitrogen and oxygen atoms in total. The molecule has 1 fully saturated rings. The zero-order chi connectivity index (χ0) is 43.9. The molecular formula is C39H49N9O12. The summed E-state index contributed by atoms with van der Waals surface area (Å²) in [4.78, 5) is 128. The van der Waals surface area contributed by atoms with E-state index in [2.05, 4.69) is 30.6 Å². The van der Waals surface area contributed by atoms with Crippen LogP contribution in [0.3, 0.4) is 0 Å². The van der Waals surface area contributed by atoms with E-state index in [1.54, 1.807) is 24.3 Å². The van der Waals surface area contributed by atoms with E-state index in [0.29, 0.717) is 51.3 Å². The Labute approximate surface area is 343 Å². The number of hydrogen-bond acceptors (Lipinski definition) is 15. The SMILES string of the molecule is CC(=O)C[C@H](CC(=O)CN1CCN(CCNC(=O)C[C@H](NC(=O)CC[C@H](CC(=O)c2ccc(CCc3cnc4nc(N)[nH]c(=O)c4n3)cc2)C(=O)O)C(=O)O)CC1)C(=O)O. The Morgan fingerprint density at radius 2 is 1.48 bits per heavy atom. The number of amides is 2. The van der Waals surface area contributed by atoms with Crippen LogP contribution in [-0.4, -0.2) is 144 Å². The van der Waals surface area contributed by atoms with Crippen molar-refractivity contribution in [1.82, 2.24) is 40.4 Å². The molecule has 3 aromatic rings. The van der Waals surface area contributed by atoms with Crippen LogP contribution in [0.15, 0.2) is 35.3 Å². The number of piperazine rings is 1. The van der Waals surface area contributed by atoms with Crippen LogP contribution in [0.4, 0.5) is 5.95 Å². The van der Waals surface area contributed by atoms with Crippen molar-refractivity contribution < 1.29 is 53.7 Å². The molecule has 0 saturated carbocycles. The topological polar surface area (TPSA) is 325 Å². The number of benzene rings is 1. The fraction of sp³-hybridized carbons (Fsp3) is 0.487. The molecular weight excluding hydrogens is 786 g/mol. The van der Waals surface area contributed by atoms with Crippen molar-refractivity contribution in [2.24, 2.45) is 11.8 Å². The Bertz CT molecular complexity index is 2130. The quantitative estimate of drug-likeness (QED) is 0.0558. The molecule has 0 radical (unpaired) electrons. The maximum Gasteiger partial charge on any atom is 0.326 e. The van der Waals surface area contributed by atoms with Crippen LogP contribution in [0, 0.1) is 11.8 Å². The molecule has 21 heteroatoms. The van der Waals surface area contributed by atoms with Gasteiger partial charge in [-0.15, -0.1) is 0 Å². The van der Waals surface area contributed by atoms with E-state index in [1.807, 2.05) is 9.80 Å². The van der Waals surface area contributed by atoms with Crippen LogP contribution >= 0.6 is 0 Å². The number of ketones is 3. The van der Waals surface area contributed by atoms with Crippen LogP contribution in [0.2, 0.25) is 0 Å². The number of rotatable bonds is 24. The standard InChI is InChI=1S/C39H49N9O12/c1-22(49)16-26(37(57)58)17-28(50)21-48-14-12-47(13-15-48)11-10-41-32(53)19-29(38(59)60)44-31(52)9-7-25(36(55)56)18-30(51)24-5-2-23(3-6-24)4-8-27-20-42-34-33(43-27)35(54)46-39(40)45-34/h2-3,5-6,20,25-26,29H,4,7-19,21H2,1H3,(H,41,53)(H,44,52)(H,55,56)(H,57,58)(H,59,60)(H3,40,42,45,46,54)/t25-,26-,29+/m1/s1. The molecule has 322 valence electrons. The summed E-state index contributed by atoms with van der Waals surface area (Å²) in [6.07, 6.45) is 0.343. The van der Waals surface area contributed by atoms with Crippen LogP contribution < -0.4 is 21.9 Å². The molecule has 1 aliphatic rings. The van der Waals surface area contributed by atoms with Gasteiger partial charge in [0.15, 0.2) is 16.9 Å². The van der Waals surface area contributed by atoms with Gasteiger partial charge >= 0.3 is 17.9 Å². The highest BCUT2D eigenvalue weighted by Gasteiger charge is 2.28. The van der Waals surface area contributed by atoms with E-state index in [1.165, 1.54) is 13.1 Å². The predicted octanol–water partition coefficient (Wildman–Crippen LogP) is -0.533. The molecule has 1 aliphatic heterocycles. The summed E-state index contributed by atoms with van der Waals surface area (Å²) in [5.74, 6) is -8.78. The molecule has 2 aromatic heterocycles. The number of nitrogens with one attached hydrogen (secondary N) is 3. The number of anilines is 1. The minimum atomic E-state index is -1.58. The van der Waals surface area contributed by atoms with Gasteiger partial charge in [0.25, 0.3) is 5.56 Å². The number of aliphatic carboxylic acids is 3. The molecule has 0 unspecified atom stereocenters. The van der Waals surface area contributed by atoms with Gasteiger partial charge in [0.2, 0.25) is 17.8 Å². The first-order valence-corrected chi connectivity index (χ1v) is 19.3. The number of fused-ring (bicyclic) bond motifs is 1. The lowest BCUT2D eigenvalue weighted by Gasteiger charge is -2.34. The second kappa shape index (κ2) is 22.0. The first-order valence-electron chi connectivity index (χ1n) is 19.3. The Morgan fingerprint density at radius 3 is 2.12 bits per heavy atom. The van der Waals surface area contributed by atoms with E-state index in [9.17, 15) is 58.5 Å². The maximum absolute atomic E-state index is 13.0. The number of carbonyl (C=O) groups excluding carboxylic acids is 5. The number of Topliss-reactive ketones (excluding diaryl/α,β-unsaturated/α-hetero) is 3. The number of aromatic nitrogens is 4. The van der Waals surface area contributed by atoms with Crippen molar-refractivity contribution in [2.45, 2.75) is 64.3 Å².